The predicted molar refractivity (Wildman–Crippen MR) is 143 cm³/mol. The van der Waals surface area contributed by atoms with Gasteiger partial charge in [-0.3, -0.25) is 19.7 Å². The number of nitrogens with zero attached hydrogens (tertiary/aromatic N) is 1. The van der Waals surface area contributed by atoms with Crippen LogP contribution in [0, 0.1) is 12.8 Å². The minimum Gasteiger partial charge on any atom is -0.480 e. The third-order valence-corrected chi connectivity index (χ3v) is 4.56. The summed E-state index contributed by atoms with van der Waals surface area (Å²) in [5.41, 5.74) is 3.74. The maximum atomic E-state index is 11.3. The van der Waals surface area contributed by atoms with E-state index >= 15 is 0 Å². The second-order valence-corrected chi connectivity index (χ2v) is 8.40. The Balaban J connectivity index is 0.000000548. The van der Waals surface area contributed by atoms with Crippen molar-refractivity contribution in [2.75, 3.05) is 14.1 Å². The molecule has 2 aromatic rings. The van der Waals surface area contributed by atoms with E-state index in [4.69, 9.17) is 16.3 Å². The van der Waals surface area contributed by atoms with Crippen molar-refractivity contribution in [3.05, 3.63) is 64.7 Å². The second kappa shape index (κ2) is 17.4. The molecule has 3 amide bonds. The average molecular weight is 533 g/mol. The Kier molecular flexibility index (Phi) is 15.5. The summed E-state index contributed by atoms with van der Waals surface area (Å²) >= 11 is 5.61. The van der Waals surface area contributed by atoms with Crippen molar-refractivity contribution in [2.24, 2.45) is 11.0 Å². The molecule has 0 aliphatic heterocycles. The van der Waals surface area contributed by atoms with Gasteiger partial charge in [-0.15, -0.1) is 0 Å². The monoisotopic (exact) mass is 532 g/mol. The number of hydrazone groups is 1. The molecule has 0 radical (unpaired) electrons. The Bertz CT molecular complexity index is 1030. The lowest BCUT2D eigenvalue weighted by Crippen LogP contribution is -2.43. The highest BCUT2D eigenvalue weighted by Gasteiger charge is 2.22. The summed E-state index contributed by atoms with van der Waals surface area (Å²) in [6.07, 6.45) is 1.92. The van der Waals surface area contributed by atoms with Crippen molar-refractivity contribution in [3.8, 4) is 5.75 Å². The molecule has 0 aliphatic rings. The zero-order chi connectivity index (χ0) is 28.4. The number of carbonyl (C=O) groups excluding carboxylic acids is 5. The van der Waals surface area contributed by atoms with Gasteiger partial charge in [0.2, 0.25) is 5.91 Å². The largest absolute Gasteiger partial charge is 0.480 e. The maximum Gasteiger partial charge on any atom is 0.321 e. The molecule has 37 heavy (non-hydrogen) atoms. The van der Waals surface area contributed by atoms with Gasteiger partial charge in [-0.1, -0.05) is 29.3 Å². The van der Waals surface area contributed by atoms with Crippen LogP contribution in [0.3, 0.4) is 0 Å². The Hall–Kier alpha value is -4.05. The molecule has 0 aliphatic carbocycles. The van der Waals surface area contributed by atoms with Gasteiger partial charge in [0.05, 0.1) is 5.71 Å². The summed E-state index contributed by atoms with van der Waals surface area (Å²) in [5, 5.41) is 8.69. The molecule has 0 fully saturated rings. The van der Waals surface area contributed by atoms with Crippen LogP contribution in [0.1, 0.15) is 36.7 Å². The van der Waals surface area contributed by atoms with E-state index in [1.165, 1.54) is 19.5 Å². The normalized spacial score (nSPS) is 11.2. The minimum atomic E-state index is -1.06. The van der Waals surface area contributed by atoms with E-state index in [2.05, 4.69) is 15.8 Å². The zero-order valence-electron chi connectivity index (χ0n) is 21.7. The minimum absolute atomic E-state index is 0.286. The van der Waals surface area contributed by atoms with Crippen molar-refractivity contribution in [3.63, 3.8) is 0 Å². The van der Waals surface area contributed by atoms with Gasteiger partial charge >= 0.3 is 6.03 Å². The number of carbonyl (C=O) groups is 5. The first kappa shape index (κ1) is 33.0. The van der Waals surface area contributed by atoms with Crippen molar-refractivity contribution >= 4 is 48.1 Å². The molecular formula is C26H33ClN4O6. The number of nitrogens with one attached hydrogen (secondary N) is 3. The first-order valence-corrected chi connectivity index (χ1v) is 11.4. The van der Waals surface area contributed by atoms with Gasteiger partial charge in [0.25, 0.3) is 0 Å². The van der Waals surface area contributed by atoms with E-state index in [-0.39, 0.29) is 5.71 Å². The lowest BCUT2D eigenvalue weighted by molar-refractivity contribution is -0.125. The number of aldehydes is 3. The number of benzene rings is 2. The Morgan fingerprint density at radius 2 is 1.57 bits per heavy atom. The van der Waals surface area contributed by atoms with E-state index in [0.717, 1.165) is 17.6 Å². The van der Waals surface area contributed by atoms with Crippen LogP contribution in [-0.4, -0.2) is 56.2 Å². The average Bonchev–Trinajstić information content (AvgIpc) is 2.87. The lowest BCUT2D eigenvalue weighted by Gasteiger charge is -2.19. The zero-order valence-corrected chi connectivity index (χ0v) is 22.5. The van der Waals surface area contributed by atoms with Crippen molar-refractivity contribution in [1.29, 1.82) is 0 Å². The van der Waals surface area contributed by atoms with E-state index in [1.54, 1.807) is 45.2 Å². The SMILES string of the molecule is CC(C)(C=O)Oc1ccc(C=O)cc1.CN/N=C(\C)C(C=O)C(=O)NC(=O)NC.Cc1ccc(Cl)cc1. The first-order valence-electron chi connectivity index (χ1n) is 11.0. The van der Waals surface area contributed by atoms with E-state index in [1.807, 2.05) is 36.5 Å². The molecule has 0 aromatic heterocycles. The van der Waals surface area contributed by atoms with Gasteiger partial charge in [0, 0.05) is 24.7 Å². The fourth-order valence-electron chi connectivity index (χ4n) is 2.32. The van der Waals surface area contributed by atoms with Gasteiger partial charge in [0.1, 0.15) is 24.2 Å². The fourth-order valence-corrected chi connectivity index (χ4v) is 2.45. The molecule has 1 atom stereocenters. The lowest BCUT2D eigenvalue weighted by atomic mass is 10.1. The molecule has 0 spiro atoms. The molecule has 0 bridgehead atoms. The van der Waals surface area contributed by atoms with Crippen LogP contribution in [0.5, 0.6) is 5.75 Å². The molecule has 1 unspecified atom stereocenters. The summed E-state index contributed by atoms with van der Waals surface area (Å²) in [5.74, 6) is -1.19. The third-order valence-electron chi connectivity index (χ3n) is 4.31. The van der Waals surface area contributed by atoms with Gasteiger partial charge in [0.15, 0.2) is 11.9 Å². The van der Waals surface area contributed by atoms with Gasteiger partial charge in [-0.05, 0) is 64.1 Å². The second-order valence-electron chi connectivity index (χ2n) is 7.96. The van der Waals surface area contributed by atoms with Gasteiger partial charge in [-0.2, -0.15) is 5.10 Å². The number of hydrogen-bond acceptors (Lipinski definition) is 8. The maximum absolute atomic E-state index is 11.3. The molecule has 2 aromatic carbocycles. The number of rotatable bonds is 8. The Morgan fingerprint density at radius 3 is 1.97 bits per heavy atom. The van der Waals surface area contributed by atoms with Crippen molar-refractivity contribution in [1.82, 2.24) is 16.1 Å². The van der Waals surface area contributed by atoms with E-state index in [0.29, 0.717) is 17.6 Å². The number of amides is 3. The number of halogens is 1. The molecule has 10 nitrogen and oxygen atoms in total. The molecular weight excluding hydrogens is 500 g/mol. The highest BCUT2D eigenvalue weighted by atomic mass is 35.5. The third kappa shape index (κ3) is 14.2. The standard InChI is InChI=1S/C11H12O3.C8H14N4O3.C7H7Cl/c1-11(2,8-13)14-10-5-3-9(7-12)4-6-10;1-5(12-10-3)6(4-13)7(14)11-8(15)9-2;1-6-2-4-7(8)5-3-6/h3-8H,1-2H3;4,6,10H,1-3H3,(H2,9,11,14,15);2-5H,1H3/b;12-5+;. The molecule has 0 saturated carbocycles. The van der Waals surface area contributed by atoms with E-state index in [9.17, 15) is 24.0 Å². The number of urea groups is 1. The molecule has 200 valence electrons. The summed E-state index contributed by atoms with van der Waals surface area (Å²) in [6, 6.07) is 13.7. The van der Waals surface area contributed by atoms with Gasteiger partial charge in [-0.25, -0.2) is 4.79 Å². The van der Waals surface area contributed by atoms with Crippen LogP contribution in [-0.2, 0) is 14.4 Å². The number of hydrogen-bond donors (Lipinski definition) is 3. The summed E-state index contributed by atoms with van der Waals surface area (Å²) < 4.78 is 5.37. The first-order chi connectivity index (χ1) is 17.4. The number of aryl methyl sites for hydroxylation is 1. The summed E-state index contributed by atoms with van der Waals surface area (Å²) in [7, 11) is 2.91. The fraction of sp³-hybridized carbons (Fsp3) is 0.308. The van der Waals surface area contributed by atoms with Crippen LogP contribution in [0.25, 0.3) is 0 Å². The highest BCUT2D eigenvalue weighted by Crippen LogP contribution is 2.17. The smallest absolute Gasteiger partial charge is 0.321 e. The van der Waals surface area contributed by atoms with Crippen LogP contribution < -0.4 is 20.8 Å². The van der Waals surface area contributed by atoms with Crippen LogP contribution in [0.15, 0.2) is 53.6 Å². The molecule has 11 heteroatoms. The van der Waals surface area contributed by atoms with Crippen molar-refractivity contribution in [2.45, 2.75) is 33.3 Å². The summed E-state index contributed by atoms with van der Waals surface area (Å²) in [4.78, 5) is 53.7. The topological polar surface area (TPSA) is 143 Å². The summed E-state index contributed by atoms with van der Waals surface area (Å²) in [6.45, 7) is 6.90. The quantitative estimate of drug-likeness (QED) is 0.205. The molecule has 3 N–H and O–H groups in total. The van der Waals surface area contributed by atoms with Crippen LogP contribution in [0.4, 0.5) is 4.79 Å². The Labute approximate surface area is 221 Å². The number of ether oxygens (including phenoxy) is 1. The van der Waals surface area contributed by atoms with Crippen LogP contribution >= 0.6 is 11.6 Å². The van der Waals surface area contributed by atoms with Gasteiger partial charge < -0.3 is 20.3 Å². The highest BCUT2D eigenvalue weighted by molar-refractivity contribution is 6.30. The van der Waals surface area contributed by atoms with E-state index < -0.39 is 23.5 Å². The number of imide groups is 1. The molecule has 0 saturated heterocycles. The van der Waals surface area contributed by atoms with Crippen molar-refractivity contribution < 1.29 is 28.7 Å². The van der Waals surface area contributed by atoms with Crippen LogP contribution in [0.2, 0.25) is 5.02 Å². The molecule has 2 rings (SSSR count). The Morgan fingerprint density at radius 1 is 1.00 bits per heavy atom. The predicted octanol–water partition coefficient (Wildman–Crippen LogP) is 3.36. The molecule has 0 heterocycles.